The molecule has 1 fully saturated rings. The number of hydrogen-bond donors (Lipinski definition) is 1. The first-order chi connectivity index (χ1) is 9.52. The maximum atomic E-state index is 13.7. The normalized spacial score (nSPS) is 21.8. The molecule has 1 saturated carbocycles. The summed E-state index contributed by atoms with van der Waals surface area (Å²) in [5.41, 5.74) is 6.51. The van der Waals surface area contributed by atoms with Crippen molar-refractivity contribution in [2.45, 2.75) is 31.7 Å². The first kappa shape index (κ1) is 14.8. The Morgan fingerprint density at radius 3 is 2.80 bits per heavy atom. The summed E-state index contributed by atoms with van der Waals surface area (Å²) in [5, 5.41) is 0. The van der Waals surface area contributed by atoms with E-state index in [-0.39, 0.29) is 23.6 Å². The number of amides is 1. The highest BCUT2D eigenvalue weighted by atomic mass is 19.1. The van der Waals surface area contributed by atoms with Crippen LogP contribution in [0.3, 0.4) is 0 Å². The van der Waals surface area contributed by atoms with Crippen LogP contribution >= 0.6 is 0 Å². The lowest BCUT2D eigenvalue weighted by molar-refractivity contribution is -0.119. The molecule has 110 valence electrons. The number of methoxy groups -OCH3 is 1. The number of benzene rings is 1. The number of nitrogens with two attached hydrogens (primary N) is 1. The molecule has 2 atom stereocenters. The molecule has 1 aliphatic rings. The first-order valence-electron chi connectivity index (χ1n) is 6.88. The zero-order valence-electron chi connectivity index (χ0n) is 11.9. The van der Waals surface area contributed by atoms with Crippen LogP contribution in [-0.2, 0) is 4.79 Å². The Balaban J connectivity index is 2.04. The van der Waals surface area contributed by atoms with Crippen LogP contribution in [0.15, 0.2) is 18.2 Å². The van der Waals surface area contributed by atoms with Crippen LogP contribution in [0.1, 0.15) is 25.7 Å². The predicted octanol–water partition coefficient (Wildman–Crippen LogP) is 2.31. The Kier molecular flexibility index (Phi) is 4.60. The van der Waals surface area contributed by atoms with Gasteiger partial charge >= 0.3 is 0 Å². The van der Waals surface area contributed by atoms with E-state index >= 15 is 0 Å². The molecule has 0 unspecified atom stereocenters. The van der Waals surface area contributed by atoms with Crippen molar-refractivity contribution in [3.05, 3.63) is 24.0 Å². The Hall–Kier alpha value is -1.62. The monoisotopic (exact) mass is 280 g/mol. The molecule has 2 N–H and O–H groups in total. The molecular formula is C15H21FN2O2. The van der Waals surface area contributed by atoms with Crippen molar-refractivity contribution < 1.29 is 13.9 Å². The second kappa shape index (κ2) is 6.22. The van der Waals surface area contributed by atoms with Gasteiger partial charge in [0.15, 0.2) is 11.6 Å². The van der Waals surface area contributed by atoms with Crippen LogP contribution in [0.5, 0.6) is 5.75 Å². The molecule has 5 heteroatoms. The van der Waals surface area contributed by atoms with E-state index in [2.05, 4.69) is 0 Å². The van der Waals surface area contributed by atoms with E-state index in [0.717, 1.165) is 19.3 Å². The van der Waals surface area contributed by atoms with Gasteiger partial charge in [-0.25, -0.2) is 4.39 Å². The minimum atomic E-state index is -0.470. The SMILES string of the molecule is COc1ccc(N(C)C(=O)C[C@@H]2CCC[C@H]2N)cc1F. The van der Waals surface area contributed by atoms with Crippen molar-refractivity contribution >= 4 is 11.6 Å². The van der Waals surface area contributed by atoms with Crippen LogP contribution in [-0.4, -0.2) is 26.1 Å². The standard InChI is InChI=1S/C15H21FN2O2/c1-18(11-6-7-14(20-2)12(16)9-11)15(19)8-10-4-3-5-13(10)17/h6-7,9-10,13H,3-5,8,17H2,1-2H3/t10-,13+/m0/s1. The van der Waals surface area contributed by atoms with Crippen LogP contribution in [0.25, 0.3) is 0 Å². The van der Waals surface area contributed by atoms with Crippen LogP contribution in [0, 0.1) is 11.7 Å². The maximum absolute atomic E-state index is 13.7. The van der Waals surface area contributed by atoms with E-state index in [1.165, 1.54) is 24.1 Å². The molecule has 4 nitrogen and oxygen atoms in total. The molecule has 0 aromatic heterocycles. The van der Waals surface area contributed by atoms with Gasteiger partial charge < -0.3 is 15.4 Å². The summed E-state index contributed by atoms with van der Waals surface area (Å²) in [6.07, 6.45) is 3.49. The van der Waals surface area contributed by atoms with E-state index in [1.54, 1.807) is 13.1 Å². The molecular weight excluding hydrogens is 259 g/mol. The molecule has 0 spiro atoms. The highest BCUT2D eigenvalue weighted by molar-refractivity contribution is 5.93. The average Bonchev–Trinajstić information content (AvgIpc) is 2.83. The number of halogens is 1. The molecule has 0 heterocycles. The lowest BCUT2D eigenvalue weighted by Crippen LogP contribution is -2.33. The van der Waals surface area contributed by atoms with Gasteiger partial charge in [0.2, 0.25) is 5.91 Å². The van der Waals surface area contributed by atoms with E-state index in [0.29, 0.717) is 12.1 Å². The number of carbonyl (C=O) groups excluding carboxylic acids is 1. The number of hydrogen-bond acceptors (Lipinski definition) is 3. The molecule has 20 heavy (non-hydrogen) atoms. The third kappa shape index (κ3) is 3.10. The lowest BCUT2D eigenvalue weighted by Gasteiger charge is -2.21. The maximum Gasteiger partial charge on any atom is 0.227 e. The molecule has 0 saturated heterocycles. The van der Waals surface area contributed by atoms with Gasteiger partial charge in [0.25, 0.3) is 0 Å². The van der Waals surface area contributed by atoms with Gasteiger partial charge in [-0.2, -0.15) is 0 Å². The van der Waals surface area contributed by atoms with E-state index < -0.39 is 5.82 Å². The largest absolute Gasteiger partial charge is 0.494 e. The highest BCUT2D eigenvalue weighted by Crippen LogP contribution is 2.29. The first-order valence-corrected chi connectivity index (χ1v) is 6.88. The molecule has 1 aromatic rings. The highest BCUT2D eigenvalue weighted by Gasteiger charge is 2.27. The van der Waals surface area contributed by atoms with Crippen LogP contribution in [0.2, 0.25) is 0 Å². The van der Waals surface area contributed by atoms with Crippen LogP contribution < -0.4 is 15.4 Å². The Bertz CT molecular complexity index is 493. The third-order valence-electron chi connectivity index (χ3n) is 4.05. The summed E-state index contributed by atoms with van der Waals surface area (Å²) in [7, 11) is 3.07. The fraction of sp³-hybridized carbons (Fsp3) is 0.533. The van der Waals surface area contributed by atoms with Gasteiger partial charge in [0, 0.05) is 31.3 Å². The Morgan fingerprint density at radius 1 is 1.50 bits per heavy atom. The van der Waals surface area contributed by atoms with Crippen LogP contribution in [0.4, 0.5) is 10.1 Å². The Morgan fingerprint density at radius 2 is 2.25 bits per heavy atom. The quantitative estimate of drug-likeness (QED) is 0.921. The topological polar surface area (TPSA) is 55.6 Å². The number of rotatable bonds is 4. The van der Waals surface area contributed by atoms with Crippen molar-refractivity contribution in [1.29, 1.82) is 0 Å². The molecule has 0 bridgehead atoms. The fourth-order valence-corrected chi connectivity index (χ4v) is 2.69. The van der Waals surface area contributed by atoms with Gasteiger partial charge in [-0.1, -0.05) is 6.42 Å². The summed E-state index contributed by atoms with van der Waals surface area (Å²) in [6.45, 7) is 0. The molecule has 0 radical (unpaired) electrons. The van der Waals surface area contributed by atoms with Crippen molar-refractivity contribution in [3.8, 4) is 5.75 Å². The number of anilines is 1. The molecule has 2 rings (SSSR count). The van der Waals surface area contributed by atoms with E-state index in [1.807, 2.05) is 0 Å². The van der Waals surface area contributed by atoms with Gasteiger partial charge in [0.1, 0.15) is 0 Å². The van der Waals surface area contributed by atoms with Crippen molar-refractivity contribution in [2.75, 3.05) is 19.1 Å². The lowest BCUT2D eigenvalue weighted by atomic mass is 9.99. The van der Waals surface area contributed by atoms with Gasteiger partial charge in [-0.3, -0.25) is 4.79 Å². The van der Waals surface area contributed by atoms with E-state index in [9.17, 15) is 9.18 Å². The smallest absolute Gasteiger partial charge is 0.227 e. The fourth-order valence-electron chi connectivity index (χ4n) is 2.69. The second-order valence-corrected chi connectivity index (χ2v) is 5.33. The minimum Gasteiger partial charge on any atom is -0.494 e. The third-order valence-corrected chi connectivity index (χ3v) is 4.05. The molecule has 1 amide bonds. The predicted molar refractivity (Wildman–Crippen MR) is 76.3 cm³/mol. The van der Waals surface area contributed by atoms with Gasteiger partial charge in [0.05, 0.1) is 7.11 Å². The Labute approximate surface area is 118 Å². The summed E-state index contributed by atoms with van der Waals surface area (Å²) < 4.78 is 18.5. The summed E-state index contributed by atoms with van der Waals surface area (Å²) in [5.74, 6) is -0.0837. The summed E-state index contributed by atoms with van der Waals surface area (Å²) in [6, 6.07) is 4.62. The van der Waals surface area contributed by atoms with Gasteiger partial charge in [-0.05, 0) is 30.9 Å². The number of carbonyl (C=O) groups is 1. The molecule has 1 aromatic carbocycles. The molecule has 1 aliphatic carbocycles. The zero-order valence-corrected chi connectivity index (χ0v) is 11.9. The van der Waals surface area contributed by atoms with Crippen molar-refractivity contribution in [3.63, 3.8) is 0 Å². The second-order valence-electron chi connectivity index (χ2n) is 5.33. The minimum absolute atomic E-state index is 0.0306. The summed E-state index contributed by atoms with van der Waals surface area (Å²) in [4.78, 5) is 13.7. The average molecular weight is 280 g/mol. The number of nitrogens with zero attached hydrogens (tertiary/aromatic N) is 1. The number of ether oxygens (including phenoxy) is 1. The van der Waals surface area contributed by atoms with E-state index in [4.69, 9.17) is 10.5 Å². The summed E-state index contributed by atoms with van der Waals surface area (Å²) >= 11 is 0. The molecule has 0 aliphatic heterocycles. The zero-order chi connectivity index (χ0) is 14.7. The van der Waals surface area contributed by atoms with Crippen molar-refractivity contribution in [2.24, 2.45) is 11.7 Å². The van der Waals surface area contributed by atoms with Crippen molar-refractivity contribution in [1.82, 2.24) is 0 Å². The van der Waals surface area contributed by atoms with Gasteiger partial charge in [-0.15, -0.1) is 0 Å².